The minimum absolute atomic E-state index is 0.241. The molecule has 1 fully saturated rings. The minimum atomic E-state index is -0.461. The van der Waals surface area contributed by atoms with Crippen LogP contribution in [0.25, 0.3) is 0 Å². The van der Waals surface area contributed by atoms with Gasteiger partial charge in [0.2, 0.25) is 0 Å². The Hall–Kier alpha value is -2.04. The highest BCUT2D eigenvalue weighted by molar-refractivity contribution is 6.01. The predicted octanol–water partition coefficient (Wildman–Crippen LogP) is 3.89. The normalized spacial score (nSPS) is 19.8. The number of oxime groups is 1. The van der Waals surface area contributed by atoms with Crippen molar-refractivity contribution in [1.29, 1.82) is 0 Å². The van der Waals surface area contributed by atoms with E-state index in [4.69, 9.17) is 9.57 Å². The maximum absolute atomic E-state index is 12.2. The van der Waals surface area contributed by atoms with Gasteiger partial charge in [0, 0.05) is 32.4 Å². The van der Waals surface area contributed by atoms with E-state index in [1.54, 1.807) is 4.90 Å². The zero-order chi connectivity index (χ0) is 17.4. The summed E-state index contributed by atoms with van der Waals surface area (Å²) in [6.07, 6.45) is 2.13. The quantitative estimate of drug-likeness (QED) is 0.785. The van der Waals surface area contributed by atoms with Crippen LogP contribution < -0.4 is 0 Å². The van der Waals surface area contributed by atoms with Crippen LogP contribution in [0.5, 0.6) is 0 Å². The predicted molar refractivity (Wildman–Crippen MR) is 93.2 cm³/mol. The van der Waals surface area contributed by atoms with Gasteiger partial charge in [-0.15, -0.1) is 0 Å². The first-order valence-electron chi connectivity index (χ1n) is 8.56. The van der Waals surface area contributed by atoms with Gasteiger partial charge in [-0.05, 0) is 33.3 Å². The number of rotatable bonds is 1. The van der Waals surface area contributed by atoms with Gasteiger partial charge < -0.3 is 14.5 Å². The van der Waals surface area contributed by atoms with Crippen LogP contribution in [-0.4, -0.2) is 41.0 Å². The highest BCUT2D eigenvalue weighted by Gasteiger charge is 2.43. The van der Waals surface area contributed by atoms with Crippen molar-refractivity contribution in [1.82, 2.24) is 4.90 Å². The Morgan fingerprint density at radius 1 is 1.21 bits per heavy atom. The van der Waals surface area contributed by atoms with Gasteiger partial charge in [-0.3, -0.25) is 0 Å². The Labute approximate surface area is 143 Å². The molecule has 1 aromatic rings. The first-order valence-corrected chi connectivity index (χ1v) is 8.56. The molecule has 2 heterocycles. The molecule has 1 spiro atoms. The lowest BCUT2D eigenvalue weighted by molar-refractivity contribution is -0.0639. The molecule has 1 amide bonds. The van der Waals surface area contributed by atoms with Gasteiger partial charge in [0.15, 0.2) is 0 Å². The highest BCUT2D eigenvalue weighted by atomic mass is 16.7. The standard InChI is InChI=1S/C19H26N2O3/c1-14-5-7-15(8-6-14)16-13-19(24-20-16)9-11-21(12-10-19)17(22)23-18(2,3)4/h5-8H,9-13H2,1-4H3. The third kappa shape index (κ3) is 3.71. The molecule has 0 bridgehead atoms. The largest absolute Gasteiger partial charge is 0.444 e. The number of piperidine rings is 1. The second-order valence-corrected chi connectivity index (χ2v) is 7.82. The van der Waals surface area contributed by atoms with Crippen LogP contribution in [0.15, 0.2) is 29.4 Å². The van der Waals surface area contributed by atoms with Crippen LogP contribution in [0.3, 0.4) is 0 Å². The molecule has 0 aromatic heterocycles. The van der Waals surface area contributed by atoms with Crippen LogP contribution in [0, 0.1) is 6.92 Å². The summed E-state index contributed by atoms with van der Waals surface area (Å²) in [6.45, 7) is 9.02. The van der Waals surface area contributed by atoms with E-state index in [0.717, 1.165) is 30.5 Å². The van der Waals surface area contributed by atoms with Crippen molar-refractivity contribution in [3.05, 3.63) is 35.4 Å². The molecule has 2 aliphatic rings. The van der Waals surface area contributed by atoms with E-state index in [9.17, 15) is 4.79 Å². The van der Waals surface area contributed by atoms with Gasteiger partial charge in [-0.25, -0.2) is 4.79 Å². The molecule has 0 radical (unpaired) electrons. The maximum Gasteiger partial charge on any atom is 0.410 e. The van der Waals surface area contributed by atoms with Crippen LogP contribution in [0.1, 0.15) is 51.2 Å². The molecule has 5 heteroatoms. The summed E-state index contributed by atoms with van der Waals surface area (Å²) in [7, 11) is 0. The van der Waals surface area contributed by atoms with Gasteiger partial charge in [0.25, 0.3) is 0 Å². The van der Waals surface area contributed by atoms with Crippen LogP contribution in [0.2, 0.25) is 0 Å². The Bertz CT molecular complexity index is 636. The molecule has 0 aliphatic carbocycles. The van der Waals surface area contributed by atoms with Gasteiger partial charge in [0.05, 0.1) is 5.71 Å². The lowest BCUT2D eigenvalue weighted by atomic mass is 9.85. The second-order valence-electron chi connectivity index (χ2n) is 7.82. The van der Waals surface area contributed by atoms with Crippen molar-refractivity contribution in [2.24, 2.45) is 5.16 Å². The van der Waals surface area contributed by atoms with Gasteiger partial charge in [-0.2, -0.15) is 0 Å². The van der Waals surface area contributed by atoms with Crippen LogP contribution >= 0.6 is 0 Å². The van der Waals surface area contributed by atoms with Crippen LogP contribution in [-0.2, 0) is 9.57 Å². The summed E-state index contributed by atoms with van der Waals surface area (Å²) in [4.78, 5) is 19.8. The number of nitrogens with zero attached hydrogens (tertiary/aromatic N) is 2. The lowest BCUT2D eigenvalue weighted by Crippen LogP contribution is -2.48. The summed E-state index contributed by atoms with van der Waals surface area (Å²) < 4.78 is 5.45. The van der Waals surface area contributed by atoms with Crippen molar-refractivity contribution in [3.8, 4) is 0 Å². The molecular weight excluding hydrogens is 304 g/mol. The van der Waals surface area contributed by atoms with E-state index in [0.29, 0.717) is 13.1 Å². The van der Waals surface area contributed by atoms with Gasteiger partial charge in [0.1, 0.15) is 11.2 Å². The van der Waals surface area contributed by atoms with Crippen LogP contribution in [0.4, 0.5) is 4.79 Å². The second kappa shape index (κ2) is 6.11. The summed E-state index contributed by atoms with van der Waals surface area (Å²) in [5.41, 5.74) is 2.63. The van der Waals surface area contributed by atoms with E-state index < -0.39 is 5.60 Å². The van der Waals surface area contributed by atoms with Gasteiger partial charge >= 0.3 is 6.09 Å². The van der Waals surface area contributed by atoms with E-state index in [1.165, 1.54) is 5.56 Å². The van der Waals surface area contributed by atoms with Crippen molar-refractivity contribution in [3.63, 3.8) is 0 Å². The summed E-state index contributed by atoms with van der Waals surface area (Å²) >= 11 is 0. The summed E-state index contributed by atoms with van der Waals surface area (Å²) in [5, 5.41) is 4.32. The molecule has 2 aliphatic heterocycles. The maximum atomic E-state index is 12.2. The summed E-state index contributed by atoms with van der Waals surface area (Å²) in [6, 6.07) is 8.36. The monoisotopic (exact) mass is 330 g/mol. The highest BCUT2D eigenvalue weighted by Crippen LogP contribution is 2.36. The fraction of sp³-hybridized carbons (Fsp3) is 0.579. The molecule has 1 saturated heterocycles. The Morgan fingerprint density at radius 2 is 1.83 bits per heavy atom. The van der Waals surface area contributed by atoms with E-state index >= 15 is 0 Å². The third-order valence-corrected chi connectivity index (χ3v) is 4.55. The fourth-order valence-corrected chi connectivity index (χ4v) is 3.11. The molecule has 0 unspecified atom stereocenters. The number of amides is 1. The SMILES string of the molecule is Cc1ccc(C2=NOC3(CCN(C(=O)OC(C)(C)C)CC3)C2)cc1. The third-order valence-electron chi connectivity index (χ3n) is 4.55. The smallest absolute Gasteiger partial charge is 0.410 e. The Morgan fingerprint density at radius 3 is 2.42 bits per heavy atom. The van der Waals surface area contributed by atoms with E-state index in [1.807, 2.05) is 20.8 Å². The molecule has 5 nitrogen and oxygen atoms in total. The molecule has 3 rings (SSSR count). The fourth-order valence-electron chi connectivity index (χ4n) is 3.11. The van der Waals surface area contributed by atoms with E-state index in [-0.39, 0.29) is 11.7 Å². The molecule has 1 aromatic carbocycles. The Balaban J connectivity index is 1.57. The number of hydrogen-bond acceptors (Lipinski definition) is 4. The van der Waals surface area contributed by atoms with Crippen molar-refractivity contribution < 1.29 is 14.4 Å². The van der Waals surface area contributed by atoms with Crippen molar-refractivity contribution in [2.45, 2.75) is 58.2 Å². The zero-order valence-corrected chi connectivity index (χ0v) is 15.0. The average Bonchev–Trinajstić information content (AvgIpc) is 2.91. The summed E-state index contributed by atoms with van der Waals surface area (Å²) in [5.74, 6) is 0. The minimum Gasteiger partial charge on any atom is -0.444 e. The van der Waals surface area contributed by atoms with Gasteiger partial charge in [-0.1, -0.05) is 35.0 Å². The number of ether oxygens (including phenoxy) is 1. The lowest BCUT2D eigenvalue weighted by Gasteiger charge is -2.37. The molecule has 130 valence electrons. The molecule has 0 saturated carbocycles. The average molecular weight is 330 g/mol. The molecule has 24 heavy (non-hydrogen) atoms. The number of carbonyl (C=O) groups excluding carboxylic acids is 1. The van der Waals surface area contributed by atoms with Crippen molar-refractivity contribution >= 4 is 11.8 Å². The topological polar surface area (TPSA) is 51.1 Å². The number of hydrogen-bond donors (Lipinski definition) is 0. The first-order chi connectivity index (χ1) is 11.3. The molecule has 0 N–H and O–H groups in total. The number of likely N-dealkylation sites (tertiary alicyclic amines) is 1. The molecule has 0 atom stereocenters. The molecular formula is C19H26N2O3. The van der Waals surface area contributed by atoms with Crippen molar-refractivity contribution in [2.75, 3.05) is 13.1 Å². The number of carbonyl (C=O) groups is 1. The number of benzene rings is 1. The number of aryl methyl sites for hydroxylation is 1. The Kier molecular flexibility index (Phi) is 4.28. The zero-order valence-electron chi connectivity index (χ0n) is 15.0. The first kappa shape index (κ1) is 16.8. The van der Waals surface area contributed by atoms with E-state index in [2.05, 4.69) is 36.3 Å².